The van der Waals surface area contributed by atoms with Gasteiger partial charge in [-0.2, -0.15) is 15.3 Å². The number of nitrogens with zero attached hydrogens (tertiary/aromatic N) is 4. The minimum absolute atomic E-state index is 0.848. The lowest BCUT2D eigenvalue weighted by molar-refractivity contribution is 0.399. The van der Waals surface area contributed by atoms with Crippen molar-refractivity contribution in [2.75, 3.05) is 14.2 Å². The normalized spacial score (nSPS) is 10.4. The molecule has 4 aromatic carbocycles. The van der Waals surface area contributed by atoms with E-state index in [9.17, 15) is 0 Å². The van der Waals surface area contributed by atoms with E-state index in [1.165, 1.54) is 21.9 Å². The summed E-state index contributed by atoms with van der Waals surface area (Å²) in [6.07, 6.45) is 0. The second-order valence-corrected chi connectivity index (χ2v) is 7.12. The average molecular weight is 459 g/mol. The summed E-state index contributed by atoms with van der Waals surface area (Å²) < 4.78 is 0. The van der Waals surface area contributed by atoms with Crippen molar-refractivity contribution in [1.29, 1.82) is 0 Å². The van der Waals surface area contributed by atoms with E-state index in [1.54, 1.807) is 7.05 Å². The minimum Gasteiger partial charge on any atom is -0.400 e. The fourth-order valence-electron chi connectivity index (χ4n) is 3.62. The number of fused-ring (bicyclic) bond motifs is 2. The molecule has 0 atom stereocenters. The summed E-state index contributed by atoms with van der Waals surface area (Å²) in [5.74, 6) is 0. The van der Waals surface area contributed by atoms with Gasteiger partial charge >= 0.3 is 0 Å². The van der Waals surface area contributed by atoms with Crippen molar-refractivity contribution in [2.45, 2.75) is 48.5 Å². The van der Waals surface area contributed by atoms with Crippen LogP contribution in [0.5, 0.6) is 0 Å². The molecule has 4 aromatic rings. The van der Waals surface area contributed by atoms with Crippen LogP contribution in [0, 0.1) is 20.8 Å². The SMILES string of the molecule is CC.CC.CN=Nc1cc2cccc(N=Nc3ccc4c(C)cc(C)cc4c3)c2cc1C.CO. The molecule has 180 valence electrons. The molecule has 0 aliphatic rings. The second-order valence-electron chi connectivity index (χ2n) is 7.12. The summed E-state index contributed by atoms with van der Waals surface area (Å²) in [7, 11) is 2.68. The predicted molar refractivity (Wildman–Crippen MR) is 148 cm³/mol. The van der Waals surface area contributed by atoms with Crippen LogP contribution in [0.3, 0.4) is 0 Å². The van der Waals surface area contributed by atoms with E-state index >= 15 is 0 Å². The second kappa shape index (κ2) is 14.7. The molecule has 0 aliphatic carbocycles. The maximum absolute atomic E-state index is 7.00. The first-order chi connectivity index (χ1) is 16.5. The number of benzene rings is 4. The lowest BCUT2D eigenvalue weighted by Gasteiger charge is -2.06. The molecule has 5 heteroatoms. The first-order valence-electron chi connectivity index (χ1n) is 11.8. The van der Waals surface area contributed by atoms with Crippen molar-refractivity contribution in [2.24, 2.45) is 20.5 Å². The van der Waals surface area contributed by atoms with Crippen LogP contribution in [0.4, 0.5) is 17.1 Å². The molecular weight excluding hydrogens is 420 g/mol. The van der Waals surface area contributed by atoms with E-state index in [4.69, 9.17) is 5.11 Å². The largest absolute Gasteiger partial charge is 0.400 e. The third-order valence-electron chi connectivity index (χ3n) is 4.94. The van der Waals surface area contributed by atoms with Gasteiger partial charge in [-0.1, -0.05) is 63.6 Å². The van der Waals surface area contributed by atoms with Crippen molar-refractivity contribution in [3.63, 3.8) is 0 Å². The smallest absolute Gasteiger partial charge is 0.0935 e. The summed E-state index contributed by atoms with van der Waals surface area (Å²) in [6, 6.07) is 20.8. The van der Waals surface area contributed by atoms with E-state index in [-0.39, 0.29) is 0 Å². The van der Waals surface area contributed by atoms with Gasteiger partial charge in [-0.05, 0) is 78.4 Å². The first kappa shape index (κ1) is 28.6. The topological polar surface area (TPSA) is 69.7 Å². The highest BCUT2D eigenvalue weighted by Crippen LogP contribution is 2.33. The van der Waals surface area contributed by atoms with Crippen molar-refractivity contribution in [3.8, 4) is 0 Å². The summed E-state index contributed by atoms with van der Waals surface area (Å²) in [4.78, 5) is 0. The Balaban J connectivity index is 0.000000894. The number of hydrogen-bond donors (Lipinski definition) is 1. The third-order valence-corrected chi connectivity index (χ3v) is 4.94. The quantitative estimate of drug-likeness (QED) is 0.305. The Kier molecular flexibility index (Phi) is 12.3. The number of aryl methyl sites for hydroxylation is 3. The first-order valence-corrected chi connectivity index (χ1v) is 11.8. The molecular formula is C29H38N4O. The van der Waals surface area contributed by atoms with E-state index < -0.39 is 0 Å². The zero-order chi connectivity index (χ0) is 25.7. The number of aliphatic hydroxyl groups is 1. The van der Waals surface area contributed by atoms with Crippen LogP contribution in [-0.2, 0) is 0 Å². The van der Waals surface area contributed by atoms with Gasteiger partial charge in [-0.15, -0.1) is 5.11 Å². The fraction of sp³-hybridized carbons (Fsp3) is 0.310. The summed E-state index contributed by atoms with van der Waals surface area (Å²) in [5, 5.41) is 28.7. The Hall–Kier alpha value is -3.44. The van der Waals surface area contributed by atoms with E-state index in [1.807, 2.05) is 58.9 Å². The maximum atomic E-state index is 7.00. The Bertz CT molecular complexity index is 1260. The summed E-state index contributed by atoms with van der Waals surface area (Å²) >= 11 is 0. The lowest BCUT2D eigenvalue weighted by atomic mass is 10.0. The number of aliphatic hydroxyl groups excluding tert-OH is 1. The molecule has 0 aliphatic heterocycles. The highest BCUT2D eigenvalue weighted by atomic mass is 16.2. The zero-order valence-electron chi connectivity index (χ0n) is 22.0. The van der Waals surface area contributed by atoms with Crippen LogP contribution >= 0.6 is 0 Å². The molecule has 0 spiro atoms. The molecule has 34 heavy (non-hydrogen) atoms. The van der Waals surface area contributed by atoms with Crippen molar-refractivity contribution < 1.29 is 5.11 Å². The average Bonchev–Trinajstić information content (AvgIpc) is 2.87. The molecule has 0 radical (unpaired) electrons. The van der Waals surface area contributed by atoms with Gasteiger partial charge < -0.3 is 5.11 Å². The fourth-order valence-corrected chi connectivity index (χ4v) is 3.62. The lowest BCUT2D eigenvalue weighted by Crippen LogP contribution is -1.81. The molecule has 0 unspecified atom stereocenters. The van der Waals surface area contributed by atoms with E-state index in [0.29, 0.717) is 0 Å². The molecule has 0 bridgehead atoms. The summed E-state index contributed by atoms with van der Waals surface area (Å²) in [5.41, 5.74) is 6.18. The molecule has 0 amide bonds. The van der Waals surface area contributed by atoms with Crippen LogP contribution in [0.15, 0.2) is 81.1 Å². The molecule has 4 rings (SSSR count). The van der Waals surface area contributed by atoms with Crippen molar-refractivity contribution in [1.82, 2.24) is 0 Å². The van der Waals surface area contributed by atoms with Gasteiger partial charge in [0.2, 0.25) is 0 Å². The minimum atomic E-state index is 0.848. The predicted octanol–water partition coefficient (Wildman–Crippen LogP) is 9.71. The highest BCUT2D eigenvalue weighted by Gasteiger charge is 2.05. The Labute approximate surface area is 204 Å². The van der Waals surface area contributed by atoms with Gasteiger partial charge in [0.1, 0.15) is 0 Å². The standard InChI is InChI=1S/C24H22N4.2C2H6.CH4O/c1-15-10-16(2)21-9-8-20(13-19(21)11-15)26-28-23-7-5-6-18-14-24(27-25-4)17(3)12-22(18)23;3*1-2/h5-14H,1-4H3;2*1-2H3;2H,1H3. The molecule has 5 nitrogen and oxygen atoms in total. The van der Waals surface area contributed by atoms with E-state index in [2.05, 4.69) is 70.7 Å². The Morgan fingerprint density at radius 3 is 1.97 bits per heavy atom. The molecule has 0 heterocycles. The number of azo groups is 2. The highest BCUT2D eigenvalue weighted by molar-refractivity contribution is 5.95. The van der Waals surface area contributed by atoms with Crippen molar-refractivity contribution >= 4 is 38.6 Å². The molecule has 0 saturated carbocycles. The molecule has 0 saturated heterocycles. The van der Waals surface area contributed by atoms with Gasteiger partial charge in [0.05, 0.1) is 17.1 Å². The van der Waals surface area contributed by atoms with Crippen LogP contribution in [0.2, 0.25) is 0 Å². The third kappa shape index (κ3) is 7.03. The van der Waals surface area contributed by atoms with Crippen LogP contribution < -0.4 is 0 Å². The van der Waals surface area contributed by atoms with Gasteiger partial charge in [0, 0.05) is 19.5 Å². The van der Waals surface area contributed by atoms with Gasteiger partial charge in [0.25, 0.3) is 0 Å². The number of hydrogen-bond acceptors (Lipinski definition) is 5. The van der Waals surface area contributed by atoms with Gasteiger partial charge in [-0.25, -0.2) is 0 Å². The maximum Gasteiger partial charge on any atom is 0.0935 e. The molecule has 1 N–H and O–H groups in total. The molecule has 0 fully saturated rings. The number of rotatable bonds is 3. The van der Waals surface area contributed by atoms with Gasteiger partial charge in [-0.3, -0.25) is 0 Å². The van der Waals surface area contributed by atoms with E-state index in [0.717, 1.165) is 40.5 Å². The Morgan fingerprint density at radius 2 is 1.29 bits per heavy atom. The Morgan fingerprint density at radius 1 is 0.588 bits per heavy atom. The van der Waals surface area contributed by atoms with Crippen molar-refractivity contribution in [3.05, 3.63) is 77.4 Å². The van der Waals surface area contributed by atoms with Crippen LogP contribution in [-0.4, -0.2) is 19.3 Å². The molecule has 0 aromatic heterocycles. The zero-order valence-corrected chi connectivity index (χ0v) is 22.0. The van der Waals surface area contributed by atoms with Gasteiger partial charge in [0.15, 0.2) is 0 Å². The van der Waals surface area contributed by atoms with Crippen LogP contribution in [0.25, 0.3) is 21.5 Å². The van der Waals surface area contributed by atoms with Crippen LogP contribution in [0.1, 0.15) is 44.4 Å². The summed E-state index contributed by atoms with van der Waals surface area (Å²) in [6.45, 7) is 14.3. The monoisotopic (exact) mass is 458 g/mol.